The Morgan fingerprint density at radius 1 is 1.19 bits per heavy atom. The zero-order chi connectivity index (χ0) is 12.0. The molecule has 90 valence electrons. The van der Waals surface area contributed by atoms with Crippen molar-refractivity contribution in [3.8, 4) is 5.75 Å². The van der Waals surface area contributed by atoms with Crippen LogP contribution >= 0.6 is 0 Å². The second-order valence-corrected chi connectivity index (χ2v) is 5.48. The van der Waals surface area contributed by atoms with Crippen LogP contribution < -0.4 is 10.5 Å². The number of nitrogens with two attached hydrogens (primary N) is 1. The minimum atomic E-state index is 0.124. The van der Waals surface area contributed by atoms with Crippen LogP contribution in [0.2, 0.25) is 0 Å². The van der Waals surface area contributed by atoms with Crippen LogP contribution in [-0.2, 0) is 0 Å². The first-order chi connectivity index (χ1) is 7.47. The fourth-order valence-corrected chi connectivity index (χ4v) is 1.42. The van der Waals surface area contributed by atoms with Gasteiger partial charge < -0.3 is 10.5 Å². The molecule has 0 aliphatic rings. The smallest absolute Gasteiger partial charge is 0.119 e. The molecule has 1 aromatic rings. The molecule has 1 unspecified atom stereocenters. The Bertz CT molecular complexity index is 289. The average molecular weight is 221 g/mol. The lowest BCUT2D eigenvalue weighted by atomic mass is 9.89. The summed E-state index contributed by atoms with van der Waals surface area (Å²) >= 11 is 0. The maximum Gasteiger partial charge on any atom is 0.119 e. The quantitative estimate of drug-likeness (QED) is 0.828. The van der Waals surface area contributed by atoms with E-state index in [-0.39, 0.29) is 6.04 Å². The molecule has 2 nitrogen and oxygen atoms in total. The van der Waals surface area contributed by atoms with E-state index >= 15 is 0 Å². The van der Waals surface area contributed by atoms with Crippen molar-refractivity contribution in [2.24, 2.45) is 11.1 Å². The Hall–Kier alpha value is -1.02. The Balaban J connectivity index is 2.23. The summed E-state index contributed by atoms with van der Waals surface area (Å²) in [4.78, 5) is 0. The number of ether oxygens (including phenoxy) is 1. The predicted octanol–water partition coefficient (Wildman–Crippen LogP) is 3.22. The molecule has 1 rings (SSSR count). The third-order valence-corrected chi connectivity index (χ3v) is 2.47. The summed E-state index contributed by atoms with van der Waals surface area (Å²) in [6.07, 6.45) is 2.14. The Morgan fingerprint density at radius 3 is 2.38 bits per heavy atom. The second kappa shape index (κ2) is 5.90. The van der Waals surface area contributed by atoms with Crippen molar-refractivity contribution in [1.82, 2.24) is 0 Å². The van der Waals surface area contributed by atoms with E-state index in [1.807, 2.05) is 30.3 Å². The summed E-state index contributed by atoms with van der Waals surface area (Å²) in [5.74, 6) is 0.897. The molecule has 16 heavy (non-hydrogen) atoms. The van der Waals surface area contributed by atoms with Gasteiger partial charge in [0.1, 0.15) is 12.4 Å². The lowest BCUT2D eigenvalue weighted by Gasteiger charge is -2.21. The van der Waals surface area contributed by atoms with Crippen molar-refractivity contribution in [2.45, 2.75) is 39.7 Å². The summed E-state index contributed by atoms with van der Waals surface area (Å²) < 4.78 is 5.61. The van der Waals surface area contributed by atoms with Gasteiger partial charge in [0.25, 0.3) is 0 Å². The molecule has 2 N–H and O–H groups in total. The molecular weight excluding hydrogens is 198 g/mol. The predicted molar refractivity (Wildman–Crippen MR) is 68.6 cm³/mol. The van der Waals surface area contributed by atoms with E-state index in [2.05, 4.69) is 20.8 Å². The van der Waals surface area contributed by atoms with E-state index in [4.69, 9.17) is 10.5 Å². The minimum absolute atomic E-state index is 0.124. The molecule has 1 atom stereocenters. The standard InChI is InChI=1S/C14H23NO/c1-14(2,3)10-9-12(15)11-16-13-7-5-4-6-8-13/h4-8,12H,9-11,15H2,1-3H3. The minimum Gasteiger partial charge on any atom is -0.492 e. The fourth-order valence-electron chi connectivity index (χ4n) is 1.42. The van der Waals surface area contributed by atoms with Crippen molar-refractivity contribution in [3.63, 3.8) is 0 Å². The summed E-state index contributed by atoms with van der Waals surface area (Å²) in [5.41, 5.74) is 6.36. The molecule has 0 radical (unpaired) electrons. The Kier molecular flexibility index (Phi) is 4.81. The molecule has 0 aliphatic heterocycles. The van der Waals surface area contributed by atoms with E-state index < -0.39 is 0 Å². The molecule has 0 fully saturated rings. The van der Waals surface area contributed by atoms with E-state index in [1.165, 1.54) is 0 Å². The van der Waals surface area contributed by atoms with Crippen LogP contribution in [0.3, 0.4) is 0 Å². The third kappa shape index (κ3) is 5.76. The highest BCUT2D eigenvalue weighted by molar-refractivity contribution is 5.20. The van der Waals surface area contributed by atoms with Crippen LogP contribution in [0.25, 0.3) is 0 Å². The van der Waals surface area contributed by atoms with Gasteiger partial charge in [-0.1, -0.05) is 39.0 Å². The van der Waals surface area contributed by atoms with Crippen molar-refractivity contribution >= 4 is 0 Å². The number of rotatable bonds is 5. The van der Waals surface area contributed by atoms with Crippen molar-refractivity contribution in [3.05, 3.63) is 30.3 Å². The Morgan fingerprint density at radius 2 is 1.81 bits per heavy atom. The van der Waals surface area contributed by atoms with Gasteiger partial charge in [0.2, 0.25) is 0 Å². The average Bonchev–Trinajstić information content (AvgIpc) is 2.24. The van der Waals surface area contributed by atoms with E-state index in [9.17, 15) is 0 Å². The summed E-state index contributed by atoms with van der Waals surface area (Å²) in [7, 11) is 0. The van der Waals surface area contributed by atoms with Crippen molar-refractivity contribution < 1.29 is 4.74 Å². The van der Waals surface area contributed by atoms with Crippen LogP contribution in [0.15, 0.2) is 30.3 Å². The largest absolute Gasteiger partial charge is 0.492 e. The SMILES string of the molecule is CC(C)(C)CCC(N)COc1ccccc1. The van der Waals surface area contributed by atoms with Gasteiger partial charge in [0, 0.05) is 6.04 Å². The first-order valence-electron chi connectivity index (χ1n) is 5.91. The topological polar surface area (TPSA) is 35.2 Å². The van der Waals surface area contributed by atoms with Gasteiger partial charge >= 0.3 is 0 Å². The van der Waals surface area contributed by atoms with Crippen LogP contribution in [0, 0.1) is 5.41 Å². The Labute approximate surface area is 98.8 Å². The van der Waals surface area contributed by atoms with E-state index in [1.54, 1.807) is 0 Å². The summed E-state index contributed by atoms with van der Waals surface area (Å²) in [6.45, 7) is 7.30. The van der Waals surface area contributed by atoms with Gasteiger partial charge in [0.05, 0.1) is 0 Å². The fraction of sp³-hybridized carbons (Fsp3) is 0.571. The summed E-state index contributed by atoms with van der Waals surface area (Å²) in [6, 6.07) is 9.95. The van der Waals surface area contributed by atoms with Gasteiger partial charge in [-0.15, -0.1) is 0 Å². The molecule has 1 aromatic carbocycles. The van der Waals surface area contributed by atoms with Crippen LogP contribution in [-0.4, -0.2) is 12.6 Å². The molecular formula is C14H23NO. The second-order valence-electron chi connectivity index (χ2n) is 5.48. The highest BCUT2D eigenvalue weighted by atomic mass is 16.5. The number of para-hydroxylation sites is 1. The third-order valence-electron chi connectivity index (χ3n) is 2.47. The zero-order valence-electron chi connectivity index (χ0n) is 10.6. The molecule has 0 saturated carbocycles. The van der Waals surface area contributed by atoms with Crippen LogP contribution in [0.5, 0.6) is 5.75 Å². The van der Waals surface area contributed by atoms with E-state index in [0.717, 1.165) is 18.6 Å². The monoisotopic (exact) mass is 221 g/mol. The number of hydrogen-bond acceptors (Lipinski definition) is 2. The van der Waals surface area contributed by atoms with Crippen LogP contribution in [0.1, 0.15) is 33.6 Å². The van der Waals surface area contributed by atoms with Crippen molar-refractivity contribution in [1.29, 1.82) is 0 Å². The lowest BCUT2D eigenvalue weighted by Crippen LogP contribution is -2.29. The first-order valence-corrected chi connectivity index (χ1v) is 5.91. The van der Waals surface area contributed by atoms with Gasteiger partial charge in [-0.3, -0.25) is 0 Å². The van der Waals surface area contributed by atoms with Gasteiger partial charge in [-0.05, 0) is 30.4 Å². The molecule has 0 spiro atoms. The van der Waals surface area contributed by atoms with Crippen LogP contribution in [0.4, 0.5) is 0 Å². The molecule has 0 saturated heterocycles. The lowest BCUT2D eigenvalue weighted by molar-refractivity contribution is 0.260. The summed E-state index contributed by atoms with van der Waals surface area (Å²) in [5, 5.41) is 0. The molecule has 0 aliphatic carbocycles. The van der Waals surface area contributed by atoms with Crippen molar-refractivity contribution in [2.75, 3.05) is 6.61 Å². The number of benzene rings is 1. The molecule has 0 amide bonds. The van der Waals surface area contributed by atoms with E-state index in [0.29, 0.717) is 12.0 Å². The highest BCUT2D eigenvalue weighted by Crippen LogP contribution is 2.21. The van der Waals surface area contributed by atoms with Gasteiger partial charge in [-0.25, -0.2) is 0 Å². The maximum absolute atomic E-state index is 6.00. The zero-order valence-corrected chi connectivity index (χ0v) is 10.6. The molecule has 2 heteroatoms. The van der Waals surface area contributed by atoms with Gasteiger partial charge in [0.15, 0.2) is 0 Å². The van der Waals surface area contributed by atoms with Gasteiger partial charge in [-0.2, -0.15) is 0 Å². The maximum atomic E-state index is 6.00. The molecule has 0 bridgehead atoms. The molecule has 0 aromatic heterocycles. The highest BCUT2D eigenvalue weighted by Gasteiger charge is 2.13. The first kappa shape index (κ1) is 13.0. The number of hydrogen-bond donors (Lipinski definition) is 1. The normalized spacial score (nSPS) is 13.5. The molecule has 0 heterocycles.